The summed E-state index contributed by atoms with van der Waals surface area (Å²) in [6.07, 6.45) is -1.37. The van der Waals surface area contributed by atoms with E-state index in [4.69, 9.17) is 0 Å². The van der Waals surface area contributed by atoms with Crippen molar-refractivity contribution in [3.05, 3.63) is 101 Å². The summed E-state index contributed by atoms with van der Waals surface area (Å²) in [6, 6.07) is 24.5. The van der Waals surface area contributed by atoms with Crippen molar-refractivity contribution >= 4 is 0 Å². The number of benzene rings is 3. The Balaban J connectivity index is 1.79. The highest BCUT2D eigenvalue weighted by molar-refractivity contribution is 5.35. The Morgan fingerprint density at radius 1 is 0.750 bits per heavy atom. The minimum atomic E-state index is -0.684. The van der Waals surface area contributed by atoms with Crippen molar-refractivity contribution in [2.75, 3.05) is 13.1 Å². The van der Waals surface area contributed by atoms with E-state index < -0.39 is 12.2 Å². The van der Waals surface area contributed by atoms with Gasteiger partial charge < -0.3 is 15.3 Å². The predicted molar refractivity (Wildman–Crippen MR) is 111 cm³/mol. The van der Waals surface area contributed by atoms with Crippen LogP contribution < -0.4 is 0 Å². The Morgan fingerprint density at radius 3 is 1.75 bits per heavy atom. The molecular formula is C24H27NO3. The van der Waals surface area contributed by atoms with Crippen LogP contribution in [0.5, 0.6) is 5.75 Å². The molecule has 0 radical (unpaired) electrons. The van der Waals surface area contributed by atoms with E-state index in [0.29, 0.717) is 19.6 Å². The third-order valence-electron chi connectivity index (χ3n) is 4.86. The smallest absolute Gasteiger partial charge is 0.120 e. The molecule has 0 heterocycles. The van der Waals surface area contributed by atoms with Gasteiger partial charge in [0.15, 0.2) is 0 Å². The fraction of sp³-hybridized carbons (Fsp3) is 0.250. The number of aromatic hydroxyl groups is 1. The second-order valence-electron chi connectivity index (χ2n) is 7.18. The Labute approximate surface area is 166 Å². The van der Waals surface area contributed by atoms with Crippen LogP contribution in [0.1, 0.15) is 34.5 Å². The lowest BCUT2D eigenvalue weighted by atomic mass is 10.1. The van der Waals surface area contributed by atoms with E-state index in [2.05, 4.69) is 0 Å². The number of phenolic OH excluding ortho intramolecular Hbond substituents is 1. The molecule has 3 aromatic rings. The van der Waals surface area contributed by atoms with E-state index in [9.17, 15) is 15.3 Å². The van der Waals surface area contributed by atoms with Gasteiger partial charge in [0.1, 0.15) is 5.75 Å². The SMILES string of the molecule is Cc1ccc(O)c(CN(C[C@H](O)c2ccccc2)C[C@H](O)c2ccccc2)c1. The molecule has 4 heteroatoms. The van der Waals surface area contributed by atoms with Crippen molar-refractivity contribution in [3.63, 3.8) is 0 Å². The third-order valence-corrected chi connectivity index (χ3v) is 4.86. The first-order valence-corrected chi connectivity index (χ1v) is 9.50. The largest absolute Gasteiger partial charge is 0.508 e. The lowest BCUT2D eigenvalue weighted by Crippen LogP contribution is -2.32. The Hall–Kier alpha value is -2.66. The maximum absolute atomic E-state index is 10.7. The van der Waals surface area contributed by atoms with Crippen LogP contribution in [0.25, 0.3) is 0 Å². The van der Waals surface area contributed by atoms with Gasteiger partial charge in [-0.25, -0.2) is 0 Å². The van der Waals surface area contributed by atoms with Crippen LogP contribution in [0.4, 0.5) is 0 Å². The van der Waals surface area contributed by atoms with Gasteiger partial charge >= 0.3 is 0 Å². The van der Waals surface area contributed by atoms with Crippen molar-refractivity contribution in [3.8, 4) is 5.75 Å². The fourth-order valence-corrected chi connectivity index (χ4v) is 3.34. The van der Waals surface area contributed by atoms with Crippen LogP contribution in [-0.2, 0) is 6.54 Å². The second-order valence-corrected chi connectivity index (χ2v) is 7.18. The van der Waals surface area contributed by atoms with E-state index in [1.54, 1.807) is 6.07 Å². The molecule has 0 saturated carbocycles. The summed E-state index contributed by atoms with van der Waals surface area (Å²) in [5.41, 5.74) is 3.49. The van der Waals surface area contributed by atoms with Gasteiger partial charge in [0.05, 0.1) is 12.2 Å². The zero-order chi connectivity index (χ0) is 19.9. The fourth-order valence-electron chi connectivity index (χ4n) is 3.34. The molecule has 3 aromatic carbocycles. The first-order valence-electron chi connectivity index (χ1n) is 9.50. The summed E-state index contributed by atoms with van der Waals surface area (Å²) >= 11 is 0. The highest BCUT2D eigenvalue weighted by atomic mass is 16.3. The molecule has 0 bridgehead atoms. The average molecular weight is 377 g/mol. The summed E-state index contributed by atoms with van der Waals surface area (Å²) in [6.45, 7) is 3.11. The van der Waals surface area contributed by atoms with E-state index in [1.165, 1.54) is 0 Å². The molecule has 0 fully saturated rings. The molecule has 2 atom stereocenters. The maximum Gasteiger partial charge on any atom is 0.120 e. The molecule has 0 unspecified atom stereocenters. The minimum Gasteiger partial charge on any atom is -0.508 e. The third kappa shape index (κ3) is 5.42. The highest BCUT2D eigenvalue weighted by Crippen LogP contribution is 2.24. The molecule has 0 aliphatic rings. The first kappa shape index (κ1) is 20.1. The molecule has 0 amide bonds. The van der Waals surface area contributed by atoms with Crippen molar-refractivity contribution in [1.82, 2.24) is 4.90 Å². The van der Waals surface area contributed by atoms with Gasteiger partial charge in [-0.05, 0) is 24.1 Å². The van der Waals surface area contributed by atoms with Gasteiger partial charge in [-0.2, -0.15) is 0 Å². The Bertz CT molecular complexity index is 820. The molecule has 0 aliphatic carbocycles. The molecule has 0 aromatic heterocycles. The monoisotopic (exact) mass is 377 g/mol. The molecule has 3 N–H and O–H groups in total. The number of phenols is 1. The summed E-state index contributed by atoms with van der Waals surface area (Å²) in [4.78, 5) is 1.98. The highest BCUT2D eigenvalue weighted by Gasteiger charge is 2.19. The zero-order valence-electron chi connectivity index (χ0n) is 16.1. The van der Waals surface area contributed by atoms with Crippen LogP contribution in [0, 0.1) is 6.92 Å². The molecule has 0 saturated heterocycles. The Kier molecular flexibility index (Phi) is 6.82. The van der Waals surface area contributed by atoms with Gasteiger partial charge in [-0.3, -0.25) is 4.90 Å². The minimum absolute atomic E-state index is 0.221. The molecule has 28 heavy (non-hydrogen) atoms. The summed E-state index contributed by atoms with van der Waals surface area (Å²) in [7, 11) is 0. The number of rotatable bonds is 8. The van der Waals surface area contributed by atoms with Gasteiger partial charge in [0, 0.05) is 25.2 Å². The number of nitrogens with zero attached hydrogens (tertiary/aromatic N) is 1. The standard InChI is InChI=1S/C24H27NO3/c1-18-12-13-22(26)21(14-18)15-25(16-23(27)19-8-4-2-5-9-19)17-24(28)20-10-6-3-7-11-20/h2-14,23-24,26-28H,15-17H2,1H3/t23-,24-/m0/s1. The number of aliphatic hydroxyl groups is 2. The molecule has 0 spiro atoms. The summed E-state index contributed by atoms with van der Waals surface area (Å²) in [5.74, 6) is 0.221. The lowest BCUT2D eigenvalue weighted by Gasteiger charge is -2.28. The number of hydrogen-bond acceptors (Lipinski definition) is 4. The number of hydrogen-bond donors (Lipinski definition) is 3. The quantitative estimate of drug-likeness (QED) is 0.556. The number of aliphatic hydroxyl groups excluding tert-OH is 2. The zero-order valence-corrected chi connectivity index (χ0v) is 16.1. The molecular weight excluding hydrogens is 350 g/mol. The van der Waals surface area contributed by atoms with Crippen molar-refractivity contribution in [1.29, 1.82) is 0 Å². The van der Waals surface area contributed by atoms with Crippen LogP contribution >= 0.6 is 0 Å². The van der Waals surface area contributed by atoms with Crippen LogP contribution in [-0.4, -0.2) is 33.3 Å². The van der Waals surface area contributed by atoms with E-state index in [-0.39, 0.29) is 5.75 Å². The van der Waals surface area contributed by atoms with Gasteiger partial charge in [-0.15, -0.1) is 0 Å². The van der Waals surface area contributed by atoms with E-state index in [0.717, 1.165) is 22.3 Å². The van der Waals surface area contributed by atoms with E-state index >= 15 is 0 Å². The van der Waals surface area contributed by atoms with Gasteiger partial charge in [0.25, 0.3) is 0 Å². The predicted octanol–water partition coefficient (Wildman–Crippen LogP) is 3.97. The summed E-state index contributed by atoms with van der Waals surface area (Å²) in [5, 5.41) is 31.6. The van der Waals surface area contributed by atoms with Crippen molar-refractivity contribution < 1.29 is 15.3 Å². The Morgan fingerprint density at radius 2 is 1.25 bits per heavy atom. The van der Waals surface area contributed by atoms with Gasteiger partial charge in [-0.1, -0.05) is 78.4 Å². The van der Waals surface area contributed by atoms with Gasteiger partial charge in [0.2, 0.25) is 0 Å². The molecule has 146 valence electrons. The second kappa shape index (κ2) is 9.51. The molecule has 3 rings (SSSR count). The number of aryl methyl sites for hydroxylation is 1. The van der Waals surface area contributed by atoms with Crippen molar-refractivity contribution in [2.24, 2.45) is 0 Å². The maximum atomic E-state index is 10.7. The normalized spacial score (nSPS) is 13.4. The topological polar surface area (TPSA) is 63.9 Å². The van der Waals surface area contributed by atoms with Crippen LogP contribution in [0.2, 0.25) is 0 Å². The van der Waals surface area contributed by atoms with Crippen LogP contribution in [0.15, 0.2) is 78.9 Å². The average Bonchev–Trinajstić information content (AvgIpc) is 2.72. The first-order chi connectivity index (χ1) is 13.5. The van der Waals surface area contributed by atoms with E-state index in [1.807, 2.05) is 84.6 Å². The molecule has 4 nitrogen and oxygen atoms in total. The van der Waals surface area contributed by atoms with Crippen LogP contribution in [0.3, 0.4) is 0 Å². The van der Waals surface area contributed by atoms with Crippen molar-refractivity contribution in [2.45, 2.75) is 25.7 Å². The summed E-state index contributed by atoms with van der Waals surface area (Å²) < 4.78 is 0. The molecule has 0 aliphatic heterocycles. The lowest BCUT2D eigenvalue weighted by molar-refractivity contribution is 0.0642.